The number of hydrogen-bond donors (Lipinski definition) is 1. The minimum Gasteiger partial charge on any atom is -0.492 e. The number of aliphatic carboxylic acids is 1. The first-order chi connectivity index (χ1) is 19.1. The lowest BCUT2D eigenvalue weighted by atomic mass is 9.90. The molecule has 1 aliphatic heterocycles. The summed E-state index contributed by atoms with van der Waals surface area (Å²) in [5, 5.41) is 13.3. The second-order valence-electron chi connectivity index (χ2n) is 9.90. The number of benzene rings is 3. The molecule has 2 atom stereocenters. The largest absolute Gasteiger partial charge is 0.492 e. The summed E-state index contributed by atoms with van der Waals surface area (Å²) >= 11 is 0. The van der Waals surface area contributed by atoms with Gasteiger partial charge in [0.05, 0.1) is 24.3 Å². The van der Waals surface area contributed by atoms with Gasteiger partial charge in [0.2, 0.25) is 0 Å². The highest BCUT2D eigenvalue weighted by molar-refractivity contribution is 5.75. The molecule has 2 heterocycles. The lowest BCUT2D eigenvalue weighted by Crippen LogP contribution is -2.13. The number of alkyl halides is 3. The van der Waals surface area contributed by atoms with E-state index in [1.165, 1.54) is 11.0 Å². The summed E-state index contributed by atoms with van der Waals surface area (Å²) in [6.07, 6.45) is -3.64. The highest BCUT2D eigenvalue weighted by atomic mass is 19.4. The molecule has 0 fully saturated rings. The fourth-order valence-corrected chi connectivity index (χ4v) is 5.54. The Hall–Kier alpha value is -4.41. The fraction of sp³-hybridized carbons (Fsp3) is 0.276. The Morgan fingerprint density at radius 2 is 1.95 bits per heavy atom. The van der Waals surface area contributed by atoms with Crippen LogP contribution in [0.5, 0.6) is 11.5 Å². The van der Waals surface area contributed by atoms with Crippen molar-refractivity contribution in [2.45, 2.75) is 44.4 Å². The molecule has 0 radical (unpaired) electrons. The van der Waals surface area contributed by atoms with E-state index in [2.05, 4.69) is 10.1 Å². The molecule has 7 nitrogen and oxygen atoms in total. The topological polar surface area (TPSA) is 86.5 Å². The Balaban J connectivity index is 1.35. The number of halogens is 4. The van der Waals surface area contributed by atoms with E-state index in [0.717, 1.165) is 5.56 Å². The molecule has 206 valence electrons. The van der Waals surface area contributed by atoms with Crippen LogP contribution in [0.1, 0.15) is 52.9 Å². The van der Waals surface area contributed by atoms with Crippen LogP contribution in [0.25, 0.3) is 16.8 Å². The van der Waals surface area contributed by atoms with Gasteiger partial charge >= 0.3 is 12.1 Å². The molecular weight excluding hydrogens is 530 g/mol. The number of rotatable bonds is 6. The first kappa shape index (κ1) is 25.8. The van der Waals surface area contributed by atoms with Crippen LogP contribution in [0.3, 0.4) is 0 Å². The highest BCUT2D eigenvalue weighted by Gasteiger charge is 2.40. The van der Waals surface area contributed by atoms with E-state index >= 15 is 4.39 Å². The van der Waals surface area contributed by atoms with Crippen molar-refractivity contribution in [2.24, 2.45) is 0 Å². The van der Waals surface area contributed by atoms with Crippen LogP contribution in [0.4, 0.5) is 17.6 Å². The molecule has 1 aromatic heterocycles. The molecule has 0 saturated heterocycles. The molecular formula is C29H23F4N3O4. The molecule has 3 aromatic carbocycles. The Morgan fingerprint density at radius 3 is 2.62 bits per heavy atom. The Labute approximate surface area is 226 Å². The lowest BCUT2D eigenvalue weighted by molar-refractivity contribution is -0.138. The van der Waals surface area contributed by atoms with Crippen LogP contribution in [0, 0.1) is 12.7 Å². The van der Waals surface area contributed by atoms with Crippen molar-refractivity contribution in [2.75, 3.05) is 6.61 Å². The number of carboxylic acid groups (broad SMARTS) is 1. The number of aryl methyl sites for hydroxylation is 1. The zero-order valence-electron chi connectivity index (χ0n) is 21.2. The van der Waals surface area contributed by atoms with Crippen molar-refractivity contribution in [1.82, 2.24) is 14.8 Å². The zero-order valence-corrected chi connectivity index (χ0v) is 21.2. The zero-order chi connectivity index (χ0) is 28.2. The molecule has 0 bridgehead atoms. The summed E-state index contributed by atoms with van der Waals surface area (Å²) in [6.45, 7) is 1.96. The molecule has 0 amide bonds. The number of carbonyl (C=O) groups is 1. The lowest BCUT2D eigenvalue weighted by Gasteiger charge is -2.21. The molecule has 11 heteroatoms. The van der Waals surface area contributed by atoms with Gasteiger partial charge in [0.1, 0.15) is 35.6 Å². The van der Waals surface area contributed by atoms with Gasteiger partial charge in [-0.2, -0.15) is 18.3 Å². The summed E-state index contributed by atoms with van der Waals surface area (Å²) in [7, 11) is 0. The van der Waals surface area contributed by atoms with Gasteiger partial charge in [0.15, 0.2) is 0 Å². The third kappa shape index (κ3) is 4.65. The van der Waals surface area contributed by atoms with Gasteiger partial charge in [-0.3, -0.25) is 4.79 Å². The van der Waals surface area contributed by atoms with E-state index in [1.54, 1.807) is 49.4 Å². The predicted molar refractivity (Wildman–Crippen MR) is 135 cm³/mol. The van der Waals surface area contributed by atoms with E-state index in [0.29, 0.717) is 34.6 Å². The summed E-state index contributed by atoms with van der Waals surface area (Å²) in [6, 6.07) is 11.9. The number of ether oxygens (including phenoxy) is 2. The van der Waals surface area contributed by atoms with Crippen molar-refractivity contribution >= 4 is 5.97 Å². The molecule has 6 rings (SSSR count). The molecule has 1 unspecified atom stereocenters. The van der Waals surface area contributed by atoms with Crippen LogP contribution in [0.15, 0.2) is 54.9 Å². The third-order valence-corrected chi connectivity index (χ3v) is 7.30. The van der Waals surface area contributed by atoms with Crippen LogP contribution < -0.4 is 9.47 Å². The molecule has 1 aliphatic carbocycles. The van der Waals surface area contributed by atoms with Gasteiger partial charge in [0.25, 0.3) is 0 Å². The maximum absolute atomic E-state index is 15.3. The molecule has 0 saturated carbocycles. The fourth-order valence-electron chi connectivity index (χ4n) is 5.54. The van der Waals surface area contributed by atoms with Gasteiger partial charge in [-0.25, -0.2) is 14.1 Å². The van der Waals surface area contributed by atoms with Crippen molar-refractivity contribution in [3.63, 3.8) is 0 Å². The van der Waals surface area contributed by atoms with Crippen molar-refractivity contribution in [3.05, 3.63) is 88.8 Å². The molecule has 1 N–H and O–H groups in total. The smallest absolute Gasteiger partial charge is 0.417 e. The summed E-state index contributed by atoms with van der Waals surface area (Å²) in [5.74, 6) is -0.784. The quantitative estimate of drug-likeness (QED) is 0.278. The van der Waals surface area contributed by atoms with Crippen LogP contribution in [-0.4, -0.2) is 32.4 Å². The Kier molecular flexibility index (Phi) is 6.24. The minimum absolute atomic E-state index is 0.0647. The van der Waals surface area contributed by atoms with Gasteiger partial charge in [0, 0.05) is 23.1 Å². The minimum atomic E-state index is -4.77. The summed E-state index contributed by atoms with van der Waals surface area (Å²) < 4.78 is 71.0. The molecule has 40 heavy (non-hydrogen) atoms. The second kappa shape index (κ2) is 9.65. The molecule has 2 aliphatic rings. The van der Waals surface area contributed by atoms with E-state index in [-0.39, 0.29) is 48.5 Å². The van der Waals surface area contributed by atoms with Crippen LogP contribution in [0.2, 0.25) is 0 Å². The van der Waals surface area contributed by atoms with Crippen LogP contribution in [-0.2, 0) is 17.4 Å². The van der Waals surface area contributed by atoms with Crippen LogP contribution >= 0.6 is 0 Å². The van der Waals surface area contributed by atoms with Gasteiger partial charge in [-0.1, -0.05) is 18.2 Å². The van der Waals surface area contributed by atoms with Gasteiger partial charge in [-0.15, -0.1) is 0 Å². The number of aromatic nitrogens is 3. The Morgan fingerprint density at radius 1 is 1.18 bits per heavy atom. The maximum Gasteiger partial charge on any atom is 0.417 e. The van der Waals surface area contributed by atoms with E-state index in [4.69, 9.17) is 14.6 Å². The maximum atomic E-state index is 15.3. The SMILES string of the molecule is Cc1ncn(-c2ccc(-c3c(C(F)(F)F)cc(F)c4c3CCC4Oc3ccc4c(c3)OC[C@H]4CC(=O)O)cc2)n1. The second-order valence-corrected chi connectivity index (χ2v) is 9.90. The van der Waals surface area contributed by atoms with Crippen molar-refractivity contribution in [1.29, 1.82) is 0 Å². The van der Waals surface area contributed by atoms with Crippen molar-refractivity contribution < 1.29 is 36.9 Å². The van der Waals surface area contributed by atoms with E-state index in [9.17, 15) is 18.0 Å². The Bertz CT molecular complexity index is 1620. The molecule has 4 aromatic rings. The number of carboxylic acids is 1. The average molecular weight is 554 g/mol. The van der Waals surface area contributed by atoms with Crippen molar-refractivity contribution in [3.8, 4) is 28.3 Å². The highest BCUT2D eigenvalue weighted by Crippen LogP contribution is 2.48. The predicted octanol–water partition coefficient (Wildman–Crippen LogP) is 6.42. The first-order valence-corrected chi connectivity index (χ1v) is 12.6. The number of nitrogens with zero attached hydrogens (tertiary/aromatic N) is 3. The van der Waals surface area contributed by atoms with Gasteiger partial charge in [-0.05, 0) is 60.7 Å². The number of fused-ring (bicyclic) bond motifs is 2. The van der Waals surface area contributed by atoms with E-state index in [1.807, 2.05) is 0 Å². The average Bonchev–Trinajstić information content (AvgIpc) is 3.63. The van der Waals surface area contributed by atoms with E-state index < -0.39 is 29.6 Å². The van der Waals surface area contributed by atoms with Gasteiger partial charge < -0.3 is 14.6 Å². The standard InChI is InChI=1S/C29H23F4N3O4/c1-15-34-14-36(35-15)18-4-2-16(3-5-18)27-21-8-9-24(28(21)23(30)12-22(27)29(31,32)33)40-19-6-7-20-17(10-26(37)38)13-39-25(20)11-19/h2-7,11-12,14,17,24H,8-10,13H2,1H3,(H,37,38)/t17-,24?/m1/s1. The third-order valence-electron chi connectivity index (χ3n) is 7.30. The normalized spacial score (nSPS) is 17.8. The first-order valence-electron chi connectivity index (χ1n) is 12.6. The molecule has 0 spiro atoms. The number of hydrogen-bond acceptors (Lipinski definition) is 5. The summed E-state index contributed by atoms with van der Waals surface area (Å²) in [4.78, 5) is 15.2. The monoisotopic (exact) mass is 553 g/mol. The summed E-state index contributed by atoms with van der Waals surface area (Å²) in [5.41, 5.74) is 0.941.